The van der Waals surface area contributed by atoms with E-state index in [4.69, 9.17) is 16.3 Å². The van der Waals surface area contributed by atoms with E-state index in [9.17, 15) is 9.59 Å². The number of hydrogen-bond donors (Lipinski definition) is 0. The molecule has 0 spiro atoms. The van der Waals surface area contributed by atoms with E-state index in [1.165, 1.54) is 4.90 Å². The normalized spacial score (nSPS) is 15.9. The van der Waals surface area contributed by atoms with Crippen molar-refractivity contribution >= 4 is 40.6 Å². The van der Waals surface area contributed by atoms with Crippen molar-refractivity contribution in [2.75, 3.05) is 13.2 Å². The zero-order chi connectivity index (χ0) is 17.8. The smallest absolute Gasteiger partial charge is 0.293 e. The van der Waals surface area contributed by atoms with Gasteiger partial charge >= 0.3 is 0 Å². The van der Waals surface area contributed by atoms with E-state index in [0.29, 0.717) is 15.7 Å². The number of halogens is 1. The third-order valence-electron chi connectivity index (χ3n) is 3.62. The van der Waals surface area contributed by atoms with Crippen molar-refractivity contribution in [1.82, 2.24) is 4.90 Å². The molecule has 0 aliphatic carbocycles. The molecule has 4 nitrogen and oxygen atoms in total. The average molecular weight is 374 g/mol. The van der Waals surface area contributed by atoms with Gasteiger partial charge in [0, 0.05) is 5.02 Å². The molecule has 1 saturated heterocycles. The lowest BCUT2D eigenvalue weighted by molar-refractivity contribution is -0.123. The number of thioether (sulfide) groups is 1. The molecule has 0 atom stereocenters. The van der Waals surface area contributed by atoms with E-state index < -0.39 is 0 Å². The molecular formula is C19H16ClNO3S. The zero-order valence-corrected chi connectivity index (χ0v) is 15.1. The van der Waals surface area contributed by atoms with Crippen LogP contribution in [0.1, 0.15) is 11.1 Å². The van der Waals surface area contributed by atoms with Gasteiger partial charge in [0.15, 0.2) is 0 Å². The Labute approximate surface area is 155 Å². The van der Waals surface area contributed by atoms with E-state index in [2.05, 4.69) is 0 Å². The van der Waals surface area contributed by atoms with Gasteiger partial charge in [-0.05, 0) is 54.6 Å². The fourth-order valence-electron chi connectivity index (χ4n) is 2.33. The van der Waals surface area contributed by atoms with Crippen LogP contribution in [0.5, 0.6) is 5.75 Å². The van der Waals surface area contributed by atoms with Gasteiger partial charge in [-0.25, -0.2) is 0 Å². The fraction of sp³-hybridized carbons (Fsp3) is 0.158. The summed E-state index contributed by atoms with van der Waals surface area (Å²) in [6, 6.07) is 14.8. The van der Waals surface area contributed by atoms with Crippen molar-refractivity contribution < 1.29 is 14.3 Å². The van der Waals surface area contributed by atoms with E-state index in [1.54, 1.807) is 24.3 Å². The largest absolute Gasteiger partial charge is 0.492 e. The molecule has 3 rings (SSSR count). The molecule has 1 aliphatic heterocycles. The monoisotopic (exact) mass is 373 g/mol. The van der Waals surface area contributed by atoms with E-state index in [0.717, 1.165) is 22.9 Å². The van der Waals surface area contributed by atoms with Crippen molar-refractivity contribution in [1.29, 1.82) is 0 Å². The molecule has 0 radical (unpaired) electrons. The number of nitrogens with zero attached hydrogens (tertiary/aromatic N) is 1. The molecule has 2 amide bonds. The first-order valence-corrected chi connectivity index (χ1v) is 8.93. The topological polar surface area (TPSA) is 46.6 Å². The molecule has 25 heavy (non-hydrogen) atoms. The summed E-state index contributed by atoms with van der Waals surface area (Å²) >= 11 is 6.88. The van der Waals surface area contributed by atoms with Crippen LogP contribution < -0.4 is 4.74 Å². The first-order chi connectivity index (χ1) is 12.0. The summed E-state index contributed by atoms with van der Waals surface area (Å²) in [5.41, 5.74) is 1.93. The quantitative estimate of drug-likeness (QED) is 0.708. The second-order valence-corrected chi connectivity index (χ2v) is 6.98. The molecule has 0 N–H and O–H groups in total. The van der Waals surface area contributed by atoms with Crippen molar-refractivity contribution in [3.05, 3.63) is 69.6 Å². The molecular weight excluding hydrogens is 358 g/mol. The van der Waals surface area contributed by atoms with Gasteiger partial charge < -0.3 is 4.74 Å². The highest BCUT2D eigenvalue weighted by atomic mass is 35.5. The van der Waals surface area contributed by atoms with Gasteiger partial charge in [0.2, 0.25) is 0 Å². The van der Waals surface area contributed by atoms with Crippen LogP contribution >= 0.6 is 23.4 Å². The molecule has 0 aromatic heterocycles. The Hall–Kier alpha value is -2.24. The van der Waals surface area contributed by atoms with Gasteiger partial charge in [0.25, 0.3) is 11.1 Å². The number of hydrogen-bond acceptors (Lipinski definition) is 4. The van der Waals surface area contributed by atoms with E-state index in [-0.39, 0.29) is 24.3 Å². The van der Waals surface area contributed by atoms with Crippen LogP contribution in [0.4, 0.5) is 4.79 Å². The number of carbonyl (C=O) groups is 2. The zero-order valence-electron chi connectivity index (χ0n) is 13.6. The second kappa shape index (κ2) is 7.76. The first-order valence-electron chi connectivity index (χ1n) is 7.73. The average Bonchev–Trinajstić information content (AvgIpc) is 2.84. The molecule has 2 aromatic carbocycles. The van der Waals surface area contributed by atoms with Crippen LogP contribution in [0.2, 0.25) is 5.02 Å². The minimum Gasteiger partial charge on any atom is -0.492 e. The summed E-state index contributed by atoms with van der Waals surface area (Å²) in [7, 11) is 0. The summed E-state index contributed by atoms with van der Waals surface area (Å²) < 4.78 is 5.60. The molecule has 1 heterocycles. The predicted molar refractivity (Wildman–Crippen MR) is 101 cm³/mol. The van der Waals surface area contributed by atoms with Gasteiger partial charge in [-0.3, -0.25) is 14.5 Å². The molecule has 2 aromatic rings. The maximum Gasteiger partial charge on any atom is 0.293 e. The van der Waals surface area contributed by atoms with E-state index in [1.807, 2.05) is 37.3 Å². The Bertz CT molecular complexity index is 833. The summed E-state index contributed by atoms with van der Waals surface area (Å²) in [6.45, 7) is 2.47. The Kier molecular flexibility index (Phi) is 5.46. The maximum absolute atomic E-state index is 12.4. The predicted octanol–water partition coefficient (Wildman–Crippen LogP) is 4.76. The lowest BCUT2D eigenvalue weighted by Crippen LogP contribution is -2.32. The van der Waals surface area contributed by atoms with Crippen LogP contribution in [0.3, 0.4) is 0 Å². The van der Waals surface area contributed by atoms with Crippen molar-refractivity contribution in [2.45, 2.75) is 6.92 Å². The summed E-state index contributed by atoms with van der Waals surface area (Å²) in [6.07, 6.45) is 1.68. The number of benzene rings is 2. The van der Waals surface area contributed by atoms with E-state index >= 15 is 0 Å². The van der Waals surface area contributed by atoms with Crippen molar-refractivity contribution in [3.8, 4) is 5.75 Å². The Morgan fingerprint density at radius 3 is 2.64 bits per heavy atom. The molecule has 6 heteroatoms. The highest BCUT2D eigenvalue weighted by molar-refractivity contribution is 8.18. The minimum absolute atomic E-state index is 0.214. The molecule has 0 bridgehead atoms. The van der Waals surface area contributed by atoms with Crippen LogP contribution in [-0.4, -0.2) is 29.2 Å². The maximum atomic E-state index is 12.4. The molecule has 128 valence electrons. The summed E-state index contributed by atoms with van der Waals surface area (Å²) in [5.74, 6) is 0.412. The highest BCUT2D eigenvalue weighted by Crippen LogP contribution is 2.32. The number of rotatable bonds is 5. The molecule has 1 fully saturated rings. The van der Waals surface area contributed by atoms with Gasteiger partial charge in [-0.15, -0.1) is 0 Å². The van der Waals surface area contributed by atoms with Crippen LogP contribution in [0.25, 0.3) is 6.08 Å². The van der Waals surface area contributed by atoms with Gasteiger partial charge in [0.05, 0.1) is 11.4 Å². The Morgan fingerprint density at radius 1 is 1.16 bits per heavy atom. The third-order valence-corrected chi connectivity index (χ3v) is 4.77. The lowest BCUT2D eigenvalue weighted by Gasteiger charge is -2.13. The minimum atomic E-state index is -0.303. The van der Waals surface area contributed by atoms with Gasteiger partial charge in [-0.1, -0.05) is 41.4 Å². The van der Waals surface area contributed by atoms with Crippen LogP contribution in [-0.2, 0) is 4.79 Å². The Morgan fingerprint density at radius 2 is 1.92 bits per heavy atom. The van der Waals surface area contributed by atoms with Crippen molar-refractivity contribution in [2.24, 2.45) is 0 Å². The van der Waals surface area contributed by atoms with Gasteiger partial charge in [0.1, 0.15) is 12.4 Å². The number of ether oxygens (including phenoxy) is 1. The summed E-state index contributed by atoms with van der Waals surface area (Å²) in [4.78, 5) is 26.1. The first kappa shape index (κ1) is 17.6. The van der Waals surface area contributed by atoms with Gasteiger partial charge in [-0.2, -0.15) is 0 Å². The lowest BCUT2D eigenvalue weighted by atomic mass is 10.2. The van der Waals surface area contributed by atoms with Crippen LogP contribution in [0.15, 0.2) is 53.4 Å². The molecule has 0 unspecified atom stereocenters. The van der Waals surface area contributed by atoms with Crippen molar-refractivity contribution in [3.63, 3.8) is 0 Å². The number of imide groups is 1. The fourth-order valence-corrected chi connectivity index (χ4v) is 3.39. The standard InChI is InChI=1S/C19H16ClNO3S/c1-13-5-7-16(8-6-13)24-10-9-21-18(22)17(25-19(21)23)12-14-3-2-4-15(20)11-14/h2-8,11-12H,9-10H2,1H3/b17-12-. The second-order valence-electron chi connectivity index (χ2n) is 5.55. The third kappa shape index (κ3) is 4.44. The molecule has 1 aliphatic rings. The highest BCUT2D eigenvalue weighted by Gasteiger charge is 2.34. The number of aryl methyl sites for hydroxylation is 1. The number of carbonyl (C=O) groups excluding carboxylic acids is 2. The Balaban J connectivity index is 1.62. The SMILES string of the molecule is Cc1ccc(OCCN2C(=O)S/C(=C\c3cccc(Cl)c3)C2=O)cc1. The number of amides is 2. The van der Waals surface area contributed by atoms with Crippen LogP contribution in [0, 0.1) is 6.92 Å². The summed E-state index contributed by atoms with van der Waals surface area (Å²) in [5, 5.41) is 0.297. The molecule has 0 saturated carbocycles.